The molecule has 0 N–H and O–H groups in total. The minimum absolute atomic E-state index is 0.324. The molecule has 1 unspecified atom stereocenters. The number of halogens is 1. The second kappa shape index (κ2) is 3.97. The molecule has 0 radical (unpaired) electrons. The fourth-order valence-electron chi connectivity index (χ4n) is 1.86. The zero-order chi connectivity index (χ0) is 11.0. The lowest BCUT2D eigenvalue weighted by Gasteiger charge is -2.27. The average molecular weight is 226 g/mol. The molecule has 2 rings (SSSR count). The number of hydrogen-bond donors (Lipinski definition) is 0. The van der Waals surface area contributed by atoms with Gasteiger partial charge in [0, 0.05) is 24.8 Å². The van der Waals surface area contributed by atoms with Crippen molar-refractivity contribution in [1.29, 1.82) is 0 Å². The molecule has 0 amide bonds. The summed E-state index contributed by atoms with van der Waals surface area (Å²) < 4.78 is 0. The third-order valence-corrected chi connectivity index (χ3v) is 3.35. The van der Waals surface area contributed by atoms with Crippen LogP contribution in [0.25, 0.3) is 0 Å². The van der Waals surface area contributed by atoms with Crippen LogP contribution in [-0.4, -0.2) is 23.1 Å². The Balaban J connectivity index is 2.23. The molecule has 1 aromatic heterocycles. The normalized spacial score (nSPS) is 17.6. The third-order valence-electron chi connectivity index (χ3n) is 3.16. The van der Waals surface area contributed by atoms with Gasteiger partial charge in [-0.1, -0.05) is 0 Å². The molecular weight excluding hydrogens is 210 g/mol. The highest BCUT2D eigenvalue weighted by Crippen LogP contribution is 2.36. The number of anilines is 1. The fourth-order valence-corrected chi connectivity index (χ4v) is 1.99. The first-order valence-corrected chi connectivity index (χ1v) is 5.69. The van der Waals surface area contributed by atoms with Gasteiger partial charge in [-0.25, -0.2) is 9.97 Å². The zero-order valence-electron chi connectivity index (χ0n) is 9.37. The van der Waals surface area contributed by atoms with Crippen LogP contribution >= 0.6 is 11.6 Å². The summed E-state index contributed by atoms with van der Waals surface area (Å²) in [6.07, 6.45) is 4.45. The Hall–Kier alpha value is -0.830. The van der Waals surface area contributed by atoms with Gasteiger partial charge in [-0.2, -0.15) is 0 Å². The Labute approximate surface area is 95.5 Å². The van der Waals surface area contributed by atoms with Gasteiger partial charge >= 0.3 is 0 Å². The molecule has 15 heavy (non-hydrogen) atoms. The van der Waals surface area contributed by atoms with Crippen molar-refractivity contribution in [1.82, 2.24) is 9.97 Å². The maximum absolute atomic E-state index is 5.81. The Morgan fingerprint density at radius 1 is 1.53 bits per heavy atom. The van der Waals surface area contributed by atoms with Gasteiger partial charge in [0.2, 0.25) is 5.28 Å². The molecule has 1 saturated carbocycles. The van der Waals surface area contributed by atoms with E-state index in [0.29, 0.717) is 11.3 Å². The molecule has 0 saturated heterocycles. The van der Waals surface area contributed by atoms with Crippen molar-refractivity contribution in [3.05, 3.63) is 17.0 Å². The van der Waals surface area contributed by atoms with Crippen LogP contribution in [0.2, 0.25) is 5.28 Å². The summed E-state index contributed by atoms with van der Waals surface area (Å²) >= 11 is 5.81. The molecule has 0 aliphatic heterocycles. The molecule has 1 aromatic rings. The first-order valence-electron chi connectivity index (χ1n) is 5.31. The van der Waals surface area contributed by atoms with Crippen molar-refractivity contribution in [2.75, 3.05) is 11.9 Å². The lowest BCUT2D eigenvalue weighted by atomic mass is 10.2. The maximum atomic E-state index is 5.81. The van der Waals surface area contributed by atoms with Crippen LogP contribution in [0, 0.1) is 12.8 Å². The third kappa shape index (κ3) is 2.23. The average Bonchev–Trinajstić information content (AvgIpc) is 3.03. The summed E-state index contributed by atoms with van der Waals surface area (Å²) in [4.78, 5) is 10.5. The topological polar surface area (TPSA) is 29.0 Å². The molecule has 0 bridgehead atoms. The van der Waals surface area contributed by atoms with Gasteiger partial charge in [0.15, 0.2) is 0 Å². The second-order valence-corrected chi connectivity index (χ2v) is 4.67. The highest BCUT2D eigenvalue weighted by atomic mass is 35.5. The predicted octanol–water partition coefficient (Wildman–Crippen LogP) is 2.67. The molecule has 1 aliphatic rings. The summed E-state index contributed by atoms with van der Waals surface area (Å²) in [5.41, 5.74) is 1.08. The van der Waals surface area contributed by atoms with Crippen LogP contribution in [0.5, 0.6) is 0 Å². The van der Waals surface area contributed by atoms with Gasteiger partial charge in [-0.05, 0) is 44.2 Å². The van der Waals surface area contributed by atoms with E-state index in [1.165, 1.54) is 12.8 Å². The molecule has 1 fully saturated rings. The van der Waals surface area contributed by atoms with Crippen LogP contribution in [0.1, 0.15) is 25.3 Å². The summed E-state index contributed by atoms with van der Waals surface area (Å²) in [7, 11) is 2.08. The zero-order valence-corrected chi connectivity index (χ0v) is 10.1. The van der Waals surface area contributed by atoms with E-state index in [0.717, 1.165) is 17.3 Å². The number of rotatable bonds is 3. The molecule has 1 heterocycles. The monoisotopic (exact) mass is 225 g/mol. The Bertz CT molecular complexity index is 363. The second-order valence-electron chi connectivity index (χ2n) is 4.33. The van der Waals surface area contributed by atoms with E-state index in [9.17, 15) is 0 Å². The van der Waals surface area contributed by atoms with Crippen molar-refractivity contribution in [2.24, 2.45) is 5.92 Å². The van der Waals surface area contributed by atoms with Crippen molar-refractivity contribution in [2.45, 2.75) is 32.7 Å². The van der Waals surface area contributed by atoms with Crippen molar-refractivity contribution >= 4 is 17.4 Å². The molecule has 0 aromatic carbocycles. The summed E-state index contributed by atoms with van der Waals surface area (Å²) in [5.74, 6) is 1.78. The van der Waals surface area contributed by atoms with Gasteiger partial charge in [0.1, 0.15) is 5.82 Å². The highest BCUT2D eigenvalue weighted by molar-refractivity contribution is 6.28. The Morgan fingerprint density at radius 3 is 2.80 bits per heavy atom. The fraction of sp³-hybridized carbons (Fsp3) is 0.636. The minimum Gasteiger partial charge on any atom is -0.356 e. The standard InChI is InChI=1S/C11H16ClN3/c1-7-6-13-11(12)14-10(7)15(3)8(2)9-4-5-9/h6,8-9H,4-5H2,1-3H3. The molecule has 1 aliphatic carbocycles. The van der Waals surface area contributed by atoms with Gasteiger partial charge in [-0.15, -0.1) is 0 Å². The van der Waals surface area contributed by atoms with E-state index in [4.69, 9.17) is 11.6 Å². The summed E-state index contributed by atoms with van der Waals surface area (Å²) in [5, 5.41) is 0.324. The first kappa shape index (κ1) is 10.7. The van der Waals surface area contributed by atoms with Crippen molar-refractivity contribution < 1.29 is 0 Å². The van der Waals surface area contributed by atoms with E-state index in [1.54, 1.807) is 6.20 Å². The number of aromatic nitrogens is 2. The Kier molecular flexibility index (Phi) is 2.83. The number of nitrogens with zero attached hydrogens (tertiary/aromatic N) is 3. The van der Waals surface area contributed by atoms with Crippen LogP contribution in [0.4, 0.5) is 5.82 Å². The minimum atomic E-state index is 0.324. The number of hydrogen-bond acceptors (Lipinski definition) is 3. The smallest absolute Gasteiger partial charge is 0.224 e. The van der Waals surface area contributed by atoms with Crippen LogP contribution < -0.4 is 4.90 Å². The number of aryl methyl sites for hydroxylation is 1. The van der Waals surface area contributed by atoms with E-state index >= 15 is 0 Å². The molecule has 1 atom stereocenters. The van der Waals surface area contributed by atoms with Gasteiger partial charge in [-0.3, -0.25) is 0 Å². The van der Waals surface area contributed by atoms with Crippen LogP contribution in [-0.2, 0) is 0 Å². The van der Waals surface area contributed by atoms with Gasteiger partial charge in [0.25, 0.3) is 0 Å². The summed E-state index contributed by atoms with van der Waals surface area (Å²) in [6, 6.07) is 0.537. The van der Waals surface area contributed by atoms with Crippen LogP contribution in [0.3, 0.4) is 0 Å². The van der Waals surface area contributed by atoms with E-state index < -0.39 is 0 Å². The first-order chi connectivity index (χ1) is 7.09. The van der Waals surface area contributed by atoms with Crippen molar-refractivity contribution in [3.8, 4) is 0 Å². The van der Waals surface area contributed by atoms with Gasteiger partial charge < -0.3 is 4.90 Å². The van der Waals surface area contributed by atoms with E-state index in [1.807, 2.05) is 6.92 Å². The molecule has 82 valence electrons. The molecule has 3 nitrogen and oxygen atoms in total. The predicted molar refractivity (Wildman–Crippen MR) is 62.4 cm³/mol. The Morgan fingerprint density at radius 2 is 2.20 bits per heavy atom. The largest absolute Gasteiger partial charge is 0.356 e. The lowest BCUT2D eigenvalue weighted by molar-refractivity contribution is 0.602. The van der Waals surface area contributed by atoms with Crippen molar-refractivity contribution in [3.63, 3.8) is 0 Å². The quantitative estimate of drug-likeness (QED) is 0.741. The summed E-state index contributed by atoms with van der Waals surface area (Å²) in [6.45, 7) is 4.26. The SMILES string of the molecule is Cc1cnc(Cl)nc1N(C)C(C)C1CC1. The highest BCUT2D eigenvalue weighted by Gasteiger charge is 2.31. The van der Waals surface area contributed by atoms with E-state index in [2.05, 4.69) is 28.8 Å². The van der Waals surface area contributed by atoms with E-state index in [-0.39, 0.29) is 0 Å². The molecule has 4 heteroatoms. The molecular formula is C11H16ClN3. The molecule has 0 spiro atoms. The lowest BCUT2D eigenvalue weighted by Crippen LogP contribution is -2.32. The van der Waals surface area contributed by atoms with Crippen LogP contribution in [0.15, 0.2) is 6.20 Å². The maximum Gasteiger partial charge on any atom is 0.224 e. The van der Waals surface area contributed by atoms with Gasteiger partial charge in [0.05, 0.1) is 0 Å².